The summed E-state index contributed by atoms with van der Waals surface area (Å²) in [5.74, 6) is 0.701. The van der Waals surface area contributed by atoms with E-state index in [9.17, 15) is 9.59 Å². The fraction of sp³-hybridized carbons (Fsp3) is 0.192. The van der Waals surface area contributed by atoms with E-state index >= 15 is 0 Å². The molecule has 1 amide bonds. The van der Waals surface area contributed by atoms with E-state index in [1.54, 1.807) is 18.2 Å². The number of fused-ring (bicyclic) bond motifs is 2. The van der Waals surface area contributed by atoms with Crippen LogP contribution in [0.4, 0.5) is 0 Å². The molecule has 31 heavy (non-hydrogen) atoms. The highest BCUT2D eigenvalue weighted by Gasteiger charge is 2.42. The zero-order valence-corrected chi connectivity index (χ0v) is 16.8. The van der Waals surface area contributed by atoms with E-state index in [0.29, 0.717) is 29.2 Å². The normalized spacial score (nSPS) is 20.8. The van der Waals surface area contributed by atoms with Crippen LogP contribution in [-0.4, -0.2) is 22.6 Å². The van der Waals surface area contributed by atoms with E-state index in [2.05, 4.69) is 64.0 Å². The van der Waals surface area contributed by atoms with Gasteiger partial charge in [0.25, 0.3) is 11.5 Å². The van der Waals surface area contributed by atoms with Gasteiger partial charge in [0.15, 0.2) is 5.69 Å². The van der Waals surface area contributed by atoms with Gasteiger partial charge < -0.3 is 5.32 Å². The minimum atomic E-state index is -0.287. The summed E-state index contributed by atoms with van der Waals surface area (Å²) in [6.45, 7) is 0.567. The first kappa shape index (κ1) is 18.1. The first-order chi connectivity index (χ1) is 15.2. The van der Waals surface area contributed by atoms with Crippen molar-refractivity contribution in [2.24, 2.45) is 5.92 Å². The van der Waals surface area contributed by atoms with E-state index in [0.717, 1.165) is 6.42 Å². The molecule has 3 aromatic carbocycles. The summed E-state index contributed by atoms with van der Waals surface area (Å²) in [6, 6.07) is 24.5. The molecule has 0 radical (unpaired) electrons. The second-order valence-electron chi connectivity index (χ2n) is 8.44. The van der Waals surface area contributed by atoms with Gasteiger partial charge in [-0.1, -0.05) is 66.7 Å². The number of amides is 1. The number of benzene rings is 3. The Morgan fingerprint density at radius 1 is 0.871 bits per heavy atom. The zero-order valence-electron chi connectivity index (χ0n) is 16.8. The number of hydrogen-bond acceptors (Lipinski definition) is 3. The lowest BCUT2D eigenvalue weighted by Crippen LogP contribution is -2.39. The van der Waals surface area contributed by atoms with Gasteiger partial charge in [-0.3, -0.25) is 9.59 Å². The van der Waals surface area contributed by atoms with Crippen molar-refractivity contribution >= 4 is 16.7 Å². The maximum atomic E-state index is 13.0. The Hall–Kier alpha value is -3.73. The average molecular weight is 407 g/mol. The van der Waals surface area contributed by atoms with E-state index in [4.69, 9.17) is 0 Å². The van der Waals surface area contributed by atoms with E-state index in [1.165, 1.54) is 22.3 Å². The molecule has 0 saturated heterocycles. The van der Waals surface area contributed by atoms with Crippen molar-refractivity contribution in [1.29, 1.82) is 0 Å². The maximum Gasteiger partial charge on any atom is 0.272 e. The largest absolute Gasteiger partial charge is 0.350 e. The lowest BCUT2D eigenvalue weighted by Gasteiger charge is -2.45. The molecular weight excluding hydrogens is 386 g/mol. The summed E-state index contributed by atoms with van der Waals surface area (Å²) in [7, 11) is 0. The number of carbonyl (C=O) groups is 1. The third-order valence-corrected chi connectivity index (χ3v) is 6.86. The maximum absolute atomic E-state index is 13.0. The molecule has 0 spiro atoms. The number of aromatic nitrogens is 2. The van der Waals surface area contributed by atoms with Crippen LogP contribution in [0.5, 0.6) is 0 Å². The minimum absolute atomic E-state index is 0.254. The van der Waals surface area contributed by atoms with Crippen LogP contribution < -0.4 is 10.9 Å². The number of nitrogens with zero attached hydrogens (tertiary/aromatic N) is 1. The molecule has 1 heterocycles. The van der Waals surface area contributed by atoms with Gasteiger partial charge in [-0.2, -0.15) is 5.10 Å². The van der Waals surface area contributed by atoms with Crippen molar-refractivity contribution in [1.82, 2.24) is 15.5 Å². The topological polar surface area (TPSA) is 74.8 Å². The van der Waals surface area contributed by atoms with Crippen molar-refractivity contribution < 1.29 is 4.79 Å². The van der Waals surface area contributed by atoms with Gasteiger partial charge >= 0.3 is 0 Å². The molecule has 5 nitrogen and oxygen atoms in total. The van der Waals surface area contributed by atoms with Crippen molar-refractivity contribution in [3.63, 3.8) is 0 Å². The smallest absolute Gasteiger partial charge is 0.272 e. The fourth-order valence-electron chi connectivity index (χ4n) is 5.56. The predicted octanol–water partition coefficient (Wildman–Crippen LogP) is 3.95. The zero-order chi connectivity index (χ0) is 20.9. The van der Waals surface area contributed by atoms with E-state index in [1.807, 2.05) is 6.07 Å². The molecule has 1 atom stereocenters. The van der Waals surface area contributed by atoms with Gasteiger partial charge in [0, 0.05) is 23.8 Å². The number of aromatic amines is 1. The van der Waals surface area contributed by atoms with Gasteiger partial charge in [0.2, 0.25) is 0 Å². The van der Waals surface area contributed by atoms with Crippen molar-refractivity contribution in [3.05, 3.63) is 111 Å². The minimum Gasteiger partial charge on any atom is -0.350 e. The van der Waals surface area contributed by atoms with Crippen molar-refractivity contribution in [2.75, 3.05) is 6.54 Å². The third kappa shape index (κ3) is 2.73. The van der Waals surface area contributed by atoms with Crippen LogP contribution in [-0.2, 0) is 0 Å². The Balaban J connectivity index is 1.31. The Bertz CT molecular complexity index is 1340. The number of hydrogen-bond donors (Lipinski definition) is 2. The average Bonchev–Trinajstić information content (AvgIpc) is 2.83. The number of nitrogens with one attached hydrogen (secondary N) is 2. The molecule has 1 aromatic heterocycles. The molecule has 3 aliphatic carbocycles. The van der Waals surface area contributed by atoms with E-state index < -0.39 is 0 Å². The first-order valence-corrected chi connectivity index (χ1v) is 10.7. The van der Waals surface area contributed by atoms with Crippen LogP contribution in [0, 0.1) is 5.92 Å². The predicted molar refractivity (Wildman–Crippen MR) is 119 cm³/mol. The van der Waals surface area contributed by atoms with Gasteiger partial charge in [0.05, 0.1) is 5.39 Å². The molecular formula is C26H21N3O2. The molecule has 0 fully saturated rings. The van der Waals surface area contributed by atoms with Crippen LogP contribution in [0.3, 0.4) is 0 Å². The quantitative estimate of drug-likeness (QED) is 0.540. The first-order valence-electron chi connectivity index (χ1n) is 10.7. The molecule has 2 bridgehead atoms. The van der Waals surface area contributed by atoms with Crippen LogP contribution in [0.15, 0.2) is 77.6 Å². The Morgan fingerprint density at radius 3 is 2.13 bits per heavy atom. The third-order valence-electron chi connectivity index (χ3n) is 6.86. The molecule has 0 saturated carbocycles. The Morgan fingerprint density at radius 2 is 1.45 bits per heavy atom. The van der Waals surface area contributed by atoms with Gasteiger partial charge in [-0.05, 0) is 40.7 Å². The molecule has 0 aliphatic heterocycles. The highest BCUT2D eigenvalue weighted by Crippen LogP contribution is 2.55. The number of rotatable bonds is 3. The molecule has 2 N–H and O–H groups in total. The van der Waals surface area contributed by atoms with Gasteiger partial charge in [-0.15, -0.1) is 0 Å². The van der Waals surface area contributed by atoms with Crippen molar-refractivity contribution in [2.45, 2.75) is 18.3 Å². The fourth-order valence-corrected chi connectivity index (χ4v) is 5.56. The molecule has 7 rings (SSSR count). The molecule has 152 valence electrons. The summed E-state index contributed by atoms with van der Waals surface area (Å²) in [6.07, 6.45) is 1.01. The molecule has 3 aliphatic rings. The summed E-state index contributed by atoms with van der Waals surface area (Å²) in [4.78, 5) is 25.0. The highest BCUT2D eigenvalue weighted by molar-refractivity contribution is 6.04. The Labute approximate surface area is 179 Å². The lowest BCUT2D eigenvalue weighted by molar-refractivity contribution is 0.0938. The monoisotopic (exact) mass is 407 g/mol. The van der Waals surface area contributed by atoms with Crippen LogP contribution in [0.25, 0.3) is 10.8 Å². The summed E-state index contributed by atoms with van der Waals surface area (Å²) >= 11 is 0. The van der Waals surface area contributed by atoms with Crippen LogP contribution >= 0.6 is 0 Å². The number of carbonyl (C=O) groups excluding carboxylic acids is 1. The standard InChI is InChI=1S/C26H21N3O2/c30-25-21-12-6-5-11-20(21)24(28-29-25)26(31)27-14-15-13-22-16-7-1-3-9-18(16)23(15)19-10-4-2-8-17(19)22/h1-12,15,22-23H,13-14H2,(H,27,31)(H,29,30). The summed E-state index contributed by atoms with van der Waals surface area (Å²) < 4.78 is 0. The second-order valence-corrected chi connectivity index (χ2v) is 8.44. The second kappa shape index (κ2) is 6.91. The van der Waals surface area contributed by atoms with E-state index in [-0.39, 0.29) is 23.1 Å². The summed E-state index contributed by atoms with van der Waals surface area (Å²) in [5.41, 5.74) is 5.57. The number of H-pyrrole nitrogens is 1. The molecule has 1 unspecified atom stereocenters. The van der Waals surface area contributed by atoms with Gasteiger partial charge in [0.1, 0.15) is 0 Å². The molecule has 5 heteroatoms. The summed E-state index contributed by atoms with van der Waals surface area (Å²) in [5, 5.41) is 10.6. The highest BCUT2D eigenvalue weighted by atomic mass is 16.2. The SMILES string of the molecule is O=C(NCC1CC2c3ccccc3C1c1ccccc12)c1n[nH]c(=O)c2ccccc12. The van der Waals surface area contributed by atoms with Crippen LogP contribution in [0.2, 0.25) is 0 Å². The van der Waals surface area contributed by atoms with Crippen LogP contribution in [0.1, 0.15) is 51.0 Å². The van der Waals surface area contributed by atoms with Crippen molar-refractivity contribution in [3.8, 4) is 0 Å². The Kier molecular flexibility index (Phi) is 4.03. The van der Waals surface area contributed by atoms with Gasteiger partial charge in [-0.25, -0.2) is 5.10 Å². The lowest BCUT2D eigenvalue weighted by atomic mass is 9.59. The molecule has 4 aromatic rings.